The molecule has 2 rings (SSSR count). The molecule has 0 radical (unpaired) electrons. The Kier molecular flexibility index (Phi) is 8.79. The third-order valence-electron chi connectivity index (χ3n) is 3.88. The van der Waals surface area contributed by atoms with E-state index >= 15 is 0 Å². The van der Waals surface area contributed by atoms with Crippen LogP contribution in [0.15, 0.2) is 54.6 Å². The number of anilines is 1. The van der Waals surface area contributed by atoms with Crippen LogP contribution in [0.1, 0.15) is 49.0 Å². The molecule has 2 aromatic rings. The molecule has 0 bridgehead atoms. The lowest BCUT2D eigenvalue weighted by atomic mass is 10.2. The summed E-state index contributed by atoms with van der Waals surface area (Å²) in [4.78, 5) is 24.0. The summed E-state index contributed by atoms with van der Waals surface area (Å²) >= 11 is 0. The van der Waals surface area contributed by atoms with Gasteiger partial charge in [-0.2, -0.15) is 0 Å². The van der Waals surface area contributed by atoms with Crippen molar-refractivity contribution in [2.75, 3.05) is 18.5 Å². The minimum absolute atomic E-state index is 0.276. The number of carbonyl (C=O) groups is 2. The Labute approximate surface area is 166 Å². The van der Waals surface area contributed by atoms with Crippen LogP contribution in [0.25, 0.3) is 6.08 Å². The van der Waals surface area contributed by atoms with E-state index < -0.39 is 5.97 Å². The van der Waals surface area contributed by atoms with E-state index in [4.69, 9.17) is 9.47 Å². The van der Waals surface area contributed by atoms with Crippen LogP contribution >= 0.6 is 0 Å². The normalized spacial score (nSPS) is 10.6. The van der Waals surface area contributed by atoms with E-state index in [0.29, 0.717) is 24.5 Å². The van der Waals surface area contributed by atoms with Gasteiger partial charge in [-0.05, 0) is 54.8 Å². The van der Waals surface area contributed by atoms with Crippen molar-refractivity contribution in [3.05, 3.63) is 65.7 Å². The fraction of sp³-hybridized carbons (Fsp3) is 0.304. The van der Waals surface area contributed by atoms with Crippen LogP contribution in [0.2, 0.25) is 0 Å². The highest BCUT2D eigenvalue weighted by Gasteiger charge is 2.08. The zero-order valence-corrected chi connectivity index (χ0v) is 16.4. The summed E-state index contributed by atoms with van der Waals surface area (Å²) in [6, 6.07) is 14.3. The molecule has 1 N–H and O–H groups in total. The second kappa shape index (κ2) is 11.6. The molecule has 0 aliphatic carbocycles. The second-order valence-electron chi connectivity index (χ2n) is 6.31. The average molecular weight is 381 g/mol. The first-order valence-corrected chi connectivity index (χ1v) is 9.61. The Morgan fingerprint density at radius 1 is 1.00 bits per heavy atom. The lowest BCUT2D eigenvalue weighted by Gasteiger charge is -2.06. The standard InChI is InChI=1S/C23H27NO4/c1-3-5-16-27-21-12-9-18(10-13-21)11-14-22(25)24-20-8-6-7-19(17-20)23(26)28-15-4-2/h6-14,17H,3-5,15-16H2,1-2H3,(H,24,25). The van der Waals surface area contributed by atoms with Gasteiger partial charge in [0.15, 0.2) is 0 Å². The van der Waals surface area contributed by atoms with Gasteiger partial charge in [0.05, 0.1) is 18.8 Å². The molecule has 2 aromatic carbocycles. The highest BCUT2D eigenvalue weighted by atomic mass is 16.5. The summed E-state index contributed by atoms with van der Waals surface area (Å²) in [6.07, 6.45) is 6.07. The van der Waals surface area contributed by atoms with Gasteiger partial charge >= 0.3 is 5.97 Å². The second-order valence-corrected chi connectivity index (χ2v) is 6.31. The SMILES string of the molecule is CCCCOc1ccc(C=CC(=O)Nc2cccc(C(=O)OCCC)c2)cc1. The first-order chi connectivity index (χ1) is 13.6. The molecule has 5 heteroatoms. The number of nitrogens with one attached hydrogen (secondary N) is 1. The fourth-order valence-corrected chi connectivity index (χ4v) is 2.37. The van der Waals surface area contributed by atoms with Gasteiger partial charge in [-0.3, -0.25) is 4.79 Å². The predicted octanol–water partition coefficient (Wildman–Crippen LogP) is 5.08. The van der Waals surface area contributed by atoms with Crippen LogP contribution < -0.4 is 10.1 Å². The van der Waals surface area contributed by atoms with Crippen LogP contribution in [0.3, 0.4) is 0 Å². The van der Waals surface area contributed by atoms with E-state index in [-0.39, 0.29) is 5.91 Å². The van der Waals surface area contributed by atoms with Gasteiger partial charge in [0.2, 0.25) is 5.91 Å². The quantitative estimate of drug-likeness (QED) is 0.354. The molecule has 5 nitrogen and oxygen atoms in total. The molecule has 0 heterocycles. The zero-order valence-electron chi connectivity index (χ0n) is 16.4. The van der Waals surface area contributed by atoms with Crippen molar-refractivity contribution in [2.45, 2.75) is 33.1 Å². The minimum Gasteiger partial charge on any atom is -0.494 e. The molecule has 0 aliphatic heterocycles. The smallest absolute Gasteiger partial charge is 0.338 e. The molecule has 0 fully saturated rings. The van der Waals surface area contributed by atoms with E-state index in [1.165, 1.54) is 6.08 Å². The Bertz CT molecular complexity index is 797. The molecule has 1 amide bonds. The van der Waals surface area contributed by atoms with Crippen molar-refractivity contribution in [2.24, 2.45) is 0 Å². The van der Waals surface area contributed by atoms with Crippen LogP contribution in [0.4, 0.5) is 5.69 Å². The van der Waals surface area contributed by atoms with Gasteiger partial charge in [-0.1, -0.05) is 38.5 Å². The van der Waals surface area contributed by atoms with Crippen LogP contribution in [-0.2, 0) is 9.53 Å². The number of rotatable bonds is 10. The molecule has 0 spiro atoms. The van der Waals surface area contributed by atoms with Crippen molar-refractivity contribution in [3.8, 4) is 5.75 Å². The van der Waals surface area contributed by atoms with Crippen molar-refractivity contribution >= 4 is 23.6 Å². The van der Waals surface area contributed by atoms with Crippen LogP contribution in [0.5, 0.6) is 5.75 Å². The number of carbonyl (C=O) groups excluding carboxylic acids is 2. The number of hydrogen-bond donors (Lipinski definition) is 1. The highest BCUT2D eigenvalue weighted by molar-refractivity contribution is 6.02. The van der Waals surface area contributed by atoms with Gasteiger partial charge < -0.3 is 14.8 Å². The minimum atomic E-state index is -0.394. The van der Waals surface area contributed by atoms with Gasteiger partial charge in [-0.25, -0.2) is 4.79 Å². The van der Waals surface area contributed by atoms with Crippen molar-refractivity contribution in [1.82, 2.24) is 0 Å². The Hall–Kier alpha value is -3.08. The molecule has 28 heavy (non-hydrogen) atoms. The van der Waals surface area contributed by atoms with Crippen LogP contribution in [0, 0.1) is 0 Å². The Morgan fingerprint density at radius 2 is 1.79 bits per heavy atom. The van der Waals surface area contributed by atoms with E-state index in [9.17, 15) is 9.59 Å². The molecular formula is C23H27NO4. The van der Waals surface area contributed by atoms with E-state index in [1.807, 2.05) is 31.2 Å². The molecule has 0 saturated carbocycles. The summed E-state index contributed by atoms with van der Waals surface area (Å²) in [6.45, 7) is 5.14. The molecule has 0 aromatic heterocycles. The molecular weight excluding hydrogens is 354 g/mol. The van der Waals surface area contributed by atoms with Gasteiger partial charge in [0.25, 0.3) is 0 Å². The molecule has 0 saturated heterocycles. The summed E-state index contributed by atoms with van der Waals surface area (Å²) in [5, 5.41) is 2.75. The first kappa shape index (κ1) is 21.2. The van der Waals surface area contributed by atoms with Gasteiger partial charge in [0, 0.05) is 11.8 Å². The Balaban J connectivity index is 1.90. The monoisotopic (exact) mass is 381 g/mol. The topological polar surface area (TPSA) is 64.6 Å². The zero-order chi connectivity index (χ0) is 20.2. The van der Waals surface area contributed by atoms with E-state index in [0.717, 1.165) is 30.6 Å². The third-order valence-corrected chi connectivity index (χ3v) is 3.88. The lowest BCUT2D eigenvalue weighted by molar-refractivity contribution is -0.111. The Morgan fingerprint density at radius 3 is 2.50 bits per heavy atom. The summed E-state index contributed by atoms with van der Waals surface area (Å²) in [7, 11) is 0. The van der Waals surface area contributed by atoms with Crippen molar-refractivity contribution < 1.29 is 19.1 Å². The number of hydrogen-bond acceptors (Lipinski definition) is 4. The highest BCUT2D eigenvalue weighted by Crippen LogP contribution is 2.15. The van der Waals surface area contributed by atoms with Gasteiger partial charge in [-0.15, -0.1) is 0 Å². The number of benzene rings is 2. The van der Waals surface area contributed by atoms with E-state index in [1.54, 1.807) is 30.3 Å². The fourth-order valence-electron chi connectivity index (χ4n) is 2.37. The summed E-state index contributed by atoms with van der Waals surface area (Å²) < 4.78 is 10.7. The maximum Gasteiger partial charge on any atom is 0.338 e. The van der Waals surface area contributed by atoms with Gasteiger partial charge in [0.1, 0.15) is 5.75 Å². The number of ether oxygens (including phenoxy) is 2. The molecule has 0 aliphatic rings. The molecule has 0 unspecified atom stereocenters. The molecule has 0 atom stereocenters. The largest absolute Gasteiger partial charge is 0.494 e. The number of amides is 1. The molecule has 148 valence electrons. The third kappa shape index (κ3) is 7.27. The van der Waals surface area contributed by atoms with E-state index in [2.05, 4.69) is 12.2 Å². The summed E-state index contributed by atoms with van der Waals surface area (Å²) in [5.74, 6) is 0.152. The maximum absolute atomic E-state index is 12.1. The van der Waals surface area contributed by atoms with Crippen molar-refractivity contribution in [1.29, 1.82) is 0 Å². The van der Waals surface area contributed by atoms with Crippen LogP contribution in [-0.4, -0.2) is 25.1 Å². The first-order valence-electron chi connectivity index (χ1n) is 9.61. The lowest BCUT2D eigenvalue weighted by Crippen LogP contribution is -2.10. The number of esters is 1. The summed E-state index contributed by atoms with van der Waals surface area (Å²) in [5.41, 5.74) is 1.85. The maximum atomic E-state index is 12.1. The number of unbranched alkanes of at least 4 members (excludes halogenated alkanes) is 1. The van der Waals surface area contributed by atoms with Crippen molar-refractivity contribution in [3.63, 3.8) is 0 Å². The average Bonchev–Trinajstić information content (AvgIpc) is 2.72. The predicted molar refractivity (Wildman–Crippen MR) is 112 cm³/mol.